The average molecular weight is 408 g/mol. The molecule has 29 heavy (non-hydrogen) atoms. The van der Waals surface area contributed by atoms with Gasteiger partial charge in [0, 0.05) is 41.5 Å². The van der Waals surface area contributed by atoms with Crippen LogP contribution in [0.4, 0.5) is 5.00 Å². The van der Waals surface area contributed by atoms with E-state index in [4.69, 9.17) is 4.74 Å². The number of thiophene rings is 1. The smallest absolute Gasteiger partial charge is 0.256 e. The molecule has 1 atom stereocenters. The van der Waals surface area contributed by atoms with Crippen molar-refractivity contribution in [2.24, 2.45) is 0 Å². The Balaban J connectivity index is 1.72. The summed E-state index contributed by atoms with van der Waals surface area (Å²) in [5, 5.41) is 4.10. The van der Waals surface area contributed by atoms with Crippen molar-refractivity contribution in [2.45, 2.75) is 19.4 Å². The number of hydrogen-bond donors (Lipinski definition) is 1. The third-order valence-corrected chi connectivity index (χ3v) is 6.36. The van der Waals surface area contributed by atoms with E-state index in [1.165, 1.54) is 10.4 Å². The van der Waals surface area contributed by atoms with E-state index in [0.29, 0.717) is 5.56 Å². The Kier molecular flexibility index (Phi) is 6.34. The summed E-state index contributed by atoms with van der Waals surface area (Å²) in [4.78, 5) is 20.7. The lowest BCUT2D eigenvalue weighted by atomic mass is 9.98. The molecule has 1 unspecified atom stereocenters. The maximum atomic E-state index is 12.9. The van der Waals surface area contributed by atoms with Crippen LogP contribution in [-0.4, -0.2) is 42.1 Å². The molecule has 0 spiro atoms. The molecule has 1 amide bonds. The standard InChI is InChI=1S/C23H25N3O2S/c1-2-19-16-20(23(29-19)25-22(27)18-6-4-3-5-7-18)21(17-8-10-24-11-9-17)26-12-14-28-15-13-26/h3-11,16,21H,2,12-15H2,1H3,(H,25,27). The van der Waals surface area contributed by atoms with E-state index < -0.39 is 0 Å². The Hall–Kier alpha value is -2.54. The van der Waals surface area contributed by atoms with Crippen LogP contribution in [0.5, 0.6) is 0 Å². The number of ether oxygens (including phenoxy) is 1. The molecule has 1 fully saturated rings. The van der Waals surface area contributed by atoms with Crippen LogP contribution in [0.1, 0.15) is 39.3 Å². The van der Waals surface area contributed by atoms with Gasteiger partial charge in [0.05, 0.1) is 19.3 Å². The van der Waals surface area contributed by atoms with Crippen molar-refractivity contribution in [1.29, 1.82) is 0 Å². The number of nitrogens with zero attached hydrogens (tertiary/aromatic N) is 2. The molecule has 150 valence electrons. The highest BCUT2D eigenvalue weighted by molar-refractivity contribution is 7.16. The Morgan fingerprint density at radius 3 is 2.59 bits per heavy atom. The van der Waals surface area contributed by atoms with Gasteiger partial charge < -0.3 is 10.1 Å². The molecule has 1 aromatic carbocycles. The minimum absolute atomic E-state index is 0.0597. The molecule has 0 aliphatic carbocycles. The molecule has 4 rings (SSSR count). The monoisotopic (exact) mass is 407 g/mol. The van der Waals surface area contributed by atoms with Crippen LogP contribution in [0.2, 0.25) is 0 Å². The number of rotatable bonds is 6. The summed E-state index contributed by atoms with van der Waals surface area (Å²) in [6.07, 6.45) is 4.60. The second-order valence-corrected chi connectivity index (χ2v) is 8.14. The van der Waals surface area contributed by atoms with Gasteiger partial charge in [0.15, 0.2) is 0 Å². The van der Waals surface area contributed by atoms with Crippen LogP contribution in [0.15, 0.2) is 60.9 Å². The first-order valence-corrected chi connectivity index (χ1v) is 10.8. The molecule has 3 heterocycles. The summed E-state index contributed by atoms with van der Waals surface area (Å²) in [6, 6.07) is 15.8. The van der Waals surface area contributed by atoms with Crippen LogP contribution >= 0.6 is 11.3 Å². The van der Waals surface area contributed by atoms with Gasteiger partial charge in [0.25, 0.3) is 5.91 Å². The SMILES string of the molecule is CCc1cc(C(c2ccncc2)N2CCOCC2)c(NC(=O)c2ccccc2)s1. The minimum Gasteiger partial charge on any atom is -0.379 e. The quantitative estimate of drug-likeness (QED) is 0.659. The van der Waals surface area contributed by atoms with Gasteiger partial charge in [0.1, 0.15) is 5.00 Å². The molecule has 1 aliphatic rings. The number of nitrogens with one attached hydrogen (secondary N) is 1. The molecule has 3 aromatic rings. The largest absolute Gasteiger partial charge is 0.379 e. The van der Waals surface area contributed by atoms with E-state index in [-0.39, 0.29) is 11.9 Å². The molecule has 0 bridgehead atoms. The van der Waals surface area contributed by atoms with Crippen molar-refractivity contribution >= 4 is 22.2 Å². The Morgan fingerprint density at radius 2 is 1.90 bits per heavy atom. The maximum Gasteiger partial charge on any atom is 0.256 e. The lowest BCUT2D eigenvalue weighted by molar-refractivity contribution is 0.0241. The number of aryl methyl sites for hydroxylation is 1. The molecule has 0 radical (unpaired) electrons. The van der Waals surface area contributed by atoms with Crippen LogP contribution in [-0.2, 0) is 11.2 Å². The fourth-order valence-corrected chi connectivity index (χ4v) is 4.69. The molecule has 6 heteroatoms. The number of carbonyl (C=O) groups excluding carboxylic acids is 1. The van der Waals surface area contributed by atoms with Gasteiger partial charge in [-0.3, -0.25) is 14.7 Å². The van der Waals surface area contributed by atoms with E-state index >= 15 is 0 Å². The molecule has 0 saturated carbocycles. The Labute approximate surface area is 175 Å². The molecule has 1 N–H and O–H groups in total. The van der Waals surface area contributed by atoms with Crippen molar-refractivity contribution in [3.05, 3.63) is 82.5 Å². The average Bonchev–Trinajstić information content (AvgIpc) is 3.18. The number of hydrogen-bond acceptors (Lipinski definition) is 5. The van der Waals surface area contributed by atoms with Crippen molar-refractivity contribution < 1.29 is 9.53 Å². The van der Waals surface area contributed by atoms with E-state index in [1.54, 1.807) is 11.3 Å². The highest BCUT2D eigenvalue weighted by Crippen LogP contribution is 2.39. The predicted molar refractivity (Wildman–Crippen MR) is 117 cm³/mol. The number of amides is 1. The summed E-state index contributed by atoms with van der Waals surface area (Å²) in [7, 11) is 0. The highest BCUT2D eigenvalue weighted by atomic mass is 32.1. The molecule has 5 nitrogen and oxygen atoms in total. The normalized spacial score (nSPS) is 15.8. The summed E-state index contributed by atoms with van der Waals surface area (Å²) in [6.45, 7) is 5.30. The van der Waals surface area contributed by atoms with Crippen LogP contribution < -0.4 is 5.32 Å². The second kappa shape index (κ2) is 9.31. The maximum absolute atomic E-state index is 12.9. The van der Waals surface area contributed by atoms with Gasteiger partial charge in [-0.05, 0) is 42.3 Å². The van der Waals surface area contributed by atoms with Crippen LogP contribution in [0, 0.1) is 0 Å². The van der Waals surface area contributed by atoms with Gasteiger partial charge in [-0.15, -0.1) is 11.3 Å². The van der Waals surface area contributed by atoms with Crippen LogP contribution in [0.3, 0.4) is 0 Å². The van der Waals surface area contributed by atoms with E-state index in [9.17, 15) is 4.79 Å². The van der Waals surface area contributed by atoms with E-state index in [1.807, 2.05) is 42.7 Å². The Bertz CT molecular complexity index is 937. The van der Waals surface area contributed by atoms with Crippen molar-refractivity contribution in [2.75, 3.05) is 31.6 Å². The molecule has 1 saturated heterocycles. The predicted octanol–water partition coefficient (Wildman–Crippen LogP) is 4.38. The van der Waals surface area contributed by atoms with Gasteiger partial charge in [0.2, 0.25) is 0 Å². The Morgan fingerprint density at radius 1 is 1.17 bits per heavy atom. The van der Waals surface area contributed by atoms with Gasteiger partial charge in [-0.2, -0.15) is 0 Å². The third-order valence-electron chi connectivity index (χ3n) is 5.15. The first-order chi connectivity index (χ1) is 14.3. The minimum atomic E-state index is -0.0770. The number of morpholine rings is 1. The molecular weight excluding hydrogens is 382 g/mol. The highest BCUT2D eigenvalue weighted by Gasteiger charge is 2.28. The van der Waals surface area contributed by atoms with Gasteiger partial charge in [-0.1, -0.05) is 25.1 Å². The van der Waals surface area contributed by atoms with Gasteiger partial charge >= 0.3 is 0 Å². The molecular formula is C23H25N3O2S. The number of anilines is 1. The number of carbonyl (C=O) groups is 1. The molecule has 2 aromatic heterocycles. The lowest BCUT2D eigenvalue weighted by Gasteiger charge is -2.35. The lowest BCUT2D eigenvalue weighted by Crippen LogP contribution is -2.39. The summed E-state index contributed by atoms with van der Waals surface area (Å²) >= 11 is 1.66. The summed E-state index contributed by atoms with van der Waals surface area (Å²) < 4.78 is 5.58. The fourth-order valence-electron chi connectivity index (χ4n) is 3.67. The van der Waals surface area contributed by atoms with E-state index in [2.05, 4.69) is 40.3 Å². The molecule has 1 aliphatic heterocycles. The first kappa shape index (κ1) is 19.8. The second-order valence-electron chi connectivity index (χ2n) is 7.00. The third kappa shape index (κ3) is 4.56. The fraction of sp³-hybridized carbons (Fsp3) is 0.304. The topological polar surface area (TPSA) is 54.5 Å². The van der Waals surface area contributed by atoms with Crippen molar-refractivity contribution in [3.63, 3.8) is 0 Å². The van der Waals surface area contributed by atoms with Gasteiger partial charge in [-0.25, -0.2) is 0 Å². The van der Waals surface area contributed by atoms with Crippen molar-refractivity contribution in [1.82, 2.24) is 9.88 Å². The van der Waals surface area contributed by atoms with Crippen LogP contribution in [0.25, 0.3) is 0 Å². The zero-order valence-electron chi connectivity index (χ0n) is 16.5. The first-order valence-electron chi connectivity index (χ1n) is 9.97. The van der Waals surface area contributed by atoms with E-state index in [0.717, 1.165) is 43.3 Å². The number of aromatic nitrogens is 1. The summed E-state index contributed by atoms with van der Waals surface area (Å²) in [5.41, 5.74) is 2.98. The van der Waals surface area contributed by atoms with Crippen molar-refractivity contribution in [3.8, 4) is 0 Å². The number of pyridine rings is 1. The zero-order chi connectivity index (χ0) is 20.1. The zero-order valence-corrected chi connectivity index (χ0v) is 17.3. The summed E-state index contributed by atoms with van der Waals surface area (Å²) in [5.74, 6) is -0.0770. The number of benzene rings is 1.